The van der Waals surface area contributed by atoms with Gasteiger partial charge >= 0.3 is 0 Å². The van der Waals surface area contributed by atoms with E-state index in [-0.39, 0.29) is 0 Å². The van der Waals surface area contributed by atoms with Gasteiger partial charge in [0.15, 0.2) is 0 Å². The highest BCUT2D eigenvalue weighted by Gasteiger charge is 2.06. The Labute approximate surface area is 134 Å². The van der Waals surface area contributed by atoms with Crippen LogP contribution in [0.25, 0.3) is 10.8 Å². The van der Waals surface area contributed by atoms with Crippen LogP contribution in [0.15, 0.2) is 63.8 Å². The van der Waals surface area contributed by atoms with E-state index in [1.165, 1.54) is 10.9 Å². The number of benzene rings is 2. The number of para-hydroxylation sites is 1. The van der Waals surface area contributed by atoms with Gasteiger partial charge in [-0.2, -0.15) is 0 Å². The van der Waals surface area contributed by atoms with Gasteiger partial charge in [0.05, 0.1) is 5.69 Å². The van der Waals surface area contributed by atoms with Gasteiger partial charge in [-0.15, -0.1) is 0 Å². The van der Waals surface area contributed by atoms with Crippen LogP contribution in [0.3, 0.4) is 0 Å². The standard InChI is InChI=1S/C16H12Br2N2/c17-14-6-3-7-15(18)16(14)20-10-12-9-19-8-11-4-1-2-5-13(11)12/h1-9,20H,10H2. The first-order valence-electron chi connectivity index (χ1n) is 6.25. The maximum Gasteiger partial charge on any atom is 0.0631 e. The molecule has 0 aliphatic heterocycles. The van der Waals surface area contributed by atoms with E-state index in [0.29, 0.717) is 0 Å². The summed E-state index contributed by atoms with van der Waals surface area (Å²) in [5.74, 6) is 0. The maximum absolute atomic E-state index is 4.31. The molecule has 0 radical (unpaired) electrons. The second kappa shape index (κ2) is 5.94. The molecule has 3 aromatic rings. The molecule has 0 unspecified atom stereocenters. The van der Waals surface area contributed by atoms with Crippen LogP contribution >= 0.6 is 31.9 Å². The first kappa shape index (κ1) is 13.6. The lowest BCUT2D eigenvalue weighted by Crippen LogP contribution is -2.02. The predicted octanol–water partition coefficient (Wildman–Crippen LogP) is 5.37. The lowest BCUT2D eigenvalue weighted by molar-refractivity contribution is 1.13. The van der Waals surface area contributed by atoms with E-state index in [0.717, 1.165) is 26.6 Å². The summed E-state index contributed by atoms with van der Waals surface area (Å²) in [6, 6.07) is 14.3. The summed E-state index contributed by atoms with van der Waals surface area (Å²) < 4.78 is 2.08. The molecule has 0 fully saturated rings. The Morgan fingerprint density at radius 2 is 1.65 bits per heavy atom. The Bertz CT molecular complexity index is 731. The van der Waals surface area contributed by atoms with Gasteiger partial charge < -0.3 is 5.32 Å². The molecule has 2 aromatic carbocycles. The SMILES string of the molecule is Brc1cccc(Br)c1NCc1cncc2ccccc12. The van der Waals surface area contributed by atoms with Gasteiger partial charge in [-0.05, 0) is 54.9 Å². The molecule has 2 nitrogen and oxygen atoms in total. The molecule has 100 valence electrons. The maximum atomic E-state index is 4.31. The average Bonchev–Trinajstić information content (AvgIpc) is 2.47. The Kier molecular flexibility index (Phi) is 4.03. The van der Waals surface area contributed by atoms with Gasteiger partial charge in [0.25, 0.3) is 0 Å². The first-order valence-corrected chi connectivity index (χ1v) is 7.84. The monoisotopic (exact) mass is 390 g/mol. The van der Waals surface area contributed by atoms with Crippen molar-refractivity contribution in [3.8, 4) is 0 Å². The van der Waals surface area contributed by atoms with E-state index < -0.39 is 0 Å². The Balaban J connectivity index is 1.91. The van der Waals surface area contributed by atoms with Crippen molar-refractivity contribution in [3.63, 3.8) is 0 Å². The second-order valence-electron chi connectivity index (χ2n) is 4.47. The number of halogens is 2. The summed E-state index contributed by atoms with van der Waals surface area (Å²) in [5, 5.41) is 5.86. The first-order chi connectivity index (χ1) is 9.75. The lowest BCUT2D eigenvalue weighted by Gasteiger charge is -2.12. The third kappa shape index (κ3) is 2.72. The zero-order chi connectivity index (χ0) is 13.9. The number of fused-ring (bicyclic) bond motifs is 1. The molecular weight excluding hydrogens is 380 g/mol. The molecule has 20 heavy (non-hydrogen) atoms. The molecule has 0 aliphatic rings. The number of nitrogens with zero attached hydrogens (tertiary/aromatic N) is 1. The Hall–Kier alpha value is -1.39. The van der Waals surface area contributed by atoms with Crippen molar-refractivity contribution in [3.05, 3.63) is 69.4 Å². The molecule has 0 bridgehead atoms. The quantitative estimate of drug-likeness (QED) is 0.648. The summed E-state index contributed by atoms with van der Waals surface area (Å²) in [6.07, 6.45) is 3.81. The third-order valence-electron chi connectivity index (χ3n) is 3.17. The lowest BCUT2D eigenvalue weighted by atomic mass is 10.1. The van der Waals surface area contributed by atoms with Crippen LogP contribution in [-0.4, -0.2) is 4.98 Å². The van der Waals surface area contributed by atoms with E-state index in [4.69, 9.17) is 0 Å². The third-order valence-corrected chi connectivity index (χ3v) is 4.49. The van der Waals surface area contributed by atoms with E-state index >= 15 is 0 Å². The van der Waals surface area contributed by atoms with E-state index in [9.17, 15) is 0 Å². The molecule has 3 rings (SSSR count). The molecule has 0 saturated heterocycles. The Morgan fingerprint density at radius 3 is 2.45 bits per heavy atom. The molecule has 0 saturated carbocycles. The van der Waals surface area contributed by atoms with Crippen LogP contribution in [0.2, 0.25) is 0 Å². The molecule has 1 heterocycles. The summed E-state index contributed by atoms with van der Waals surface area (Å²) in [7, 11) is 0. The second-order valence-corrected chi connectivity index (χ2v) is 6.18. The zero-order valence-electron chi connectivity index (χ0n) is 10.6. The molecular formula is C16H12Br2N2. The fourth-order valence-corrected chi connectivity index (χ4v) is 3.45. The van der Waals surface area contributed by atoms with Crippen molar-refractivity contribution in [2.45, 2.75) is 6.54 Å². The highest BCUT2D eigenvalue weighted by molar-refractivity contribution is 9.11. The summed E-state index contributed by atoms with van der Waals surface area (Å²) in [5.41, 5.74) is 2.24. The van der Waals surface area contributed by atoms with Gasteiger partial charge in [-0.1, -0.05) is 30.3 Å². The average molecular weight is 392 g/mol. The molecule has 1 aromatic heterocycles. The minimum atomic E-state index is 0.732. The minimum Gasteiger partial charge on any atom is -0.379 e. The number of nitrogens with one attached hydrogen (secondary N) is 1. The number of hydrogen-bond acceptors (Lipinski definition) is 2. The van der Waals surface area contributed by atoms with Gasteiger partial charge in [0.1, 0.15) is 0 Å². The van der Waals surface area contributed by atoms with Gasteiger partial charge in [0.2, 0.25) is 0 Å². The number of aromatic nitrogens is 1. The van der Waals surface area contributed by atoms with Crippen molar-refractivity contribution >= 4 is 48.3 Å². The van der Waals surface area contributed by atoms with Crippen molar-refractivity contribution in [1.82, 2.24) is 4.98 Å². The number of pyridine rings is 1. The van der Waals surface area contributed by atoms with Crippen LogP contribution in [0.1, 0.15) is 5.56 Å². The number of rotatable bonds is 3. The van der Waals surface area contributed by atoms with Crippen LogP contribution in [0.4, 0.5) is 5.69 Å². The molecule has 1 N–H and O–H groups in total. The van der Waals surface area contributed by atoms with Crippen molar-refractivity contribution < 1.29 is 0 Å². The Morgan fingerprint density at radius 1 is 0.900 bits per heavy atom. The highest BCUT2D eigenvalue weighted by Crippen LogP contribution is 2.31. The van der Waals surface area contributed by atoms with Gasteiger partial charge in [-0.3, -0.25) is 4.98 Å². The van der Waals surface area contributed by atoms with Gasteiger partial charge in [0, 0.05) is 33.3 Å². The largest absolute Gasteiger partial charge is 0.379 e. The highest BCUT2D eigenvalue weighted by atomic mass is 79.9. The topological polar surface area (TPSA) is 24.9 Å². The van der Waals surface area contributed by atoms with Crippen LogP contribution in [0, 0.1) is 0 Å². The van der Waals surface area contributed by atoms with E-state index in [1.807, 2.05) is 36.7 Å². The van der Waals surface area contributed by atoms with Crippen LogP contribution in [0.5, 0.6) is 0 Å². The zero-order valence-corrected chi connectivity index (χ0v) is 13.8. The van der Waals surface area contributed by atoms with Crippen LogP contribution < -0.4 is 5.32 Å². The fraction of sp³-hybridized carbons (Fsp3) is 0.0625. The van der Waals surface area contributed by atoms with Crippen molar-refractivity contribution in [1.29, 1.82) is 0 Å². The van der Waals surface area contributed by atoms with Crippen molar-refractivity contribution in [2.24, 2.45) is 0 Å². The summed E-state index contributed by atoms with van der Waals surface area (Å²) in [6.45, 7) is 0.732. The predicted molar refractivity (Wildman–Crippen MR) is 90.9 cm³/mol. The number of hydrogen-bond donors (Lipinski definition) is 1. The van der Waals surface area contributed by atoms with E-state index in [2.05, 4.69) is 60.4 Å². The minimum absolute atomic E-state index is 0.732. The van der Waals surface area contributed by atoms with Crippen LogP contribution in [-0.2, 0) is 6.54 Å². The molecule has 0 atom stereocenters. The molecule has 0 aliphatic carbocycles. The molecule has 0 amide bonds. The molecule has 0 spiro atoms. The van der Waals surface area contributed by atoms with Crippen molar-refractivity contribution in [2.75, 3.05) is 5.32 Å². The van der Waals surface area contributed by atoms with Gasteiger partial charge in [-0.25, -0.2) is 0 Å². The number of anilines is 1. The smallest absolute Gasteiger partial charge is 0.0631 e. The van der Waals surface area contributed by atoms with E-state index in [1.54, 1.807) is 0 Å². The summed E-state index contributed by atoms with van der Waals surface area (Å²) >= 11 is 7.12. The molecule has 4 heteroatoms. The normalized spacial score (nSPS) is 10.7. The fourth-order valence-electron chi connectivity index (χ4n) is 2.17. The summed E-state index contributed by atoms with van der Waals surface area (Å²) in [4.78, 5) is 4.31.